The molecule has 37 heavy (non-hydrogen) atoms. The quantitative estimate of drug-likeness (QED) is 0.422. The number of hydrogen-bond donors (Lipinski definition) is 1. The zero-order valence-electron chi connectivity index (χ0n) is 21.6. The minimum absolute atomic E-state index is 0.00262. The summed E-state index contributed by atoms with van der Waals surface area (Å²) in [5.41, 5.74) is 3.97. The molecule has 2 aliphatic rings. The van der Waals surface area contributed by atoms with E-state index in [9.17, 15) is 14.3 Å². The number of carbonyl (C=O) groups excluding carboxylic acids is 1. The van der Waals surface area contributed by atoms with Crippen LogP contribution in [0.5, 0.6) is 5.75 Å². The molecule has 0 aliphatic carbocycles. The fourth-order valence-corrected chi connectivity index (χ4v) is 5.62. The monoisotopic (exact) mass is 521 g/mol. The molecular formula is C30H33ClFN3O2. The number of phenolic OH excluding ortho intramolecular Hbond substituents is 1. The maximum atomic E-state index is 14.9. The zero-order valence-corrected chi connectivity index (χ0v) is 22.4. The first-order valence-electron chi connectivity index (χ1n) is 12.8. The van der Waals surface area contributed by atoms with E-state index in [0.717, 1.165) is 43.9 Å². The van der Waals surface area contributed by atoms with Crippen molar-refractivity contribution in [1.29, 1.82) is 0 Å². The van der Waals surface area contributed by atoms with Crippen LogP contribution in [0.2, 0.25) is 5.02 Å². The second-order valence-electron chi connectivity index (χ2n) is 10.9. The first kappa shape index (κ1) is 25.6. The van der Waals surface area contributed by atoms with Crippen LogP contribution in [-0.4, -0.2) is 54.2 Å². The van der Waals surface area contributed by atoms with Gasteiger partial charge in [0.05, 0.1) is 10.7 Å². The lowest BCUT2D eigenvalue weighted by molar-refractivity contribution is -0.117. The van der Waals surface area contributed by atoms with Gasteiger partial charge in [-0.15, -0.1) is 0 Å². The number of anilines is 2. The average Bonchev–Trinajstić information content (AvgIpc) is 3.30. The summed E-state index contributed by atoms with van der Waals surface area (Å²) in [6.45, 7) is 11.1. The number of piperazine rings is 1. The van der Waals surface area contributed by atoms with Gasteiger partial charge in [0.15, 0.2) is 0 Å². The number of halogens is 2. The van der Waals surface area contributed by atoms with Gasteiger partial charge in [-0.1, -0.05) is 29.8 Å². The molecule has 0 bridgehead atoms. The third kappa shape index (κ3) is 5.18. The molecule has 1 N–H and O–H groups in total. The van der Waals surface area contributed by atoms with E-state index in [1.807, 2.05) is 18.2 Å². The van der Waals surface area contributed by atoms with Crippen LogP contribution in [-0.2, 0) is 4.79 Å². The van der Waals surface area contributed by atoms with Crippen molar-refractivity contribution < 1.29 is 14.3 Å². The predicted octanol–water partition coefficient (Wildman–Crippen LogP) is 6.57. The number of nitrogens with zero attached hydrogens (tertiary/aromatic N) is 3. The van der Waals surface area contributed by atoms with E-state index in [-0.39, 0.29) is 17.2 Å². The number of aromatic hydroxyl groups is 1. The van der Waals surface area contributed by atoms with Gasteiger partial charge in [0.1, 0.15) is 11.6 Å². The van der Waals surface area contributed by atoms with E-state index in [1.54, 1.807) is 23.1 Å². The summed E-state index contributed by atoms with van der Waals surface area (Å²) in [6.07, 6.45) is 1.31. The molecule has 1 amide bonds. The van der Waals surface area contributed by atoms with Gasteiger partial charge in [-0.25, -0.2) is 4.39 Å². The molecule has 2 saturated heterocycles. The molecule has 2 fully saturated rings. The summed E-state index contributed by atoms with van der Waals surface area (Å²) in [6, 6.07) is 15.8. The van der Waals surface area contributed by atoms with Gasteiger partial charge in [0.2, 0.25) is 5.91 Å². The molecule has 3 aromatic rings. The number of carbonyl (C=O) groups is 1. The first-order valence-corrected chi connectivity index (χ1v) is 13.2. The predicted molar refractivity (Wildman–Crippen MR) is 149 cm³/mol. The Morgan fingerprint density at radius 2 is 1.57 bits per heavy atom. The fourth-order valence-electron chi connectivity index (χ4n) is 5.34. The Kier molecular flexibility index (Phi) is 6.90. The van der Waals surface area contributed by atoms with Crippen molar-refractivity contribution in [3.05, 3.63) is 65.4 Å². The molecule has 0 atom stereocenters. The molecule has 194 valence electrons. The second kappa shape index (κ2) is 9.99. The van der Waals surface area contributed by atoms with E-state index >= 15 is 0 Å². The van der Waals surface area contributed by atoms with Crippen molar-refractivity contribution in [3.63, 3.8) is 0 Å². The summed E-state index contributed by atoms with van der Waals surface area (Å²) in [4.78, 5) is 18.6. The van der Waals surface area contributed by atoms with Crippen molar-refractivity contribution in [1.82, 2.24) is 4.90 Å². The third-order valence-corrected chi connectivity index (χ3v) is 7.75. The zero-order chi connectivity index (χ0) is 26.3. The van der Waals surface area contributed by atoms with Crippen LogP contribution >= 0.6 is 11.6 Å². The Labute approximate surface area is 223 Å². The van der Waals surface area contributed by atoms with Crippen molar-refractivity contribution in [2.24, 2.45) is 0 Å². The van der Waals surface area contributed by atoms with Crippen LogP contribution < -0.4 is 9.80 Å². The Bertz CT molecular complexity index is 1330. The Balaban J connectivity index is 1.44. The third-order valence-electron chi connectivity index (χ3n) is 7.45. The molecule has 2 aliphatic heterocycles. The minimum Gasteiger partial charge on any atom is -0.507 e. The SMILES string of the molecule is CC(C)(C)N1CCN(c2cccc(-c3cc(F)cc(-c4ccc(N5CCCC5=O)c(Cl)c4)c3O)c2)CC1. The van der Waals surface area contributed by atoms with Gasteiger partial charge >= 0.3 is 0 Å². The molecule has 0 saturated carbocycles. The Morgan fingerprint density at radius 1 is 0.892 bits per heavy atom. The van der Waals surface area contributed by atoms with Crippen LogP contribution in [0.25, 0.3) is 22.3 Å². The highest BCUT2D eigenvalue weighted by molar-refractivity contribution is 6.34. The number of benzene rings is 3. The highest BCUT2D eigenvalue weighted by Gasteiger charge is 2.27. The lowest BCUT2D eigenvalue weighted by atomic mass is 9.96. The number of phenols is 1. The molecule has 3 aromatic carbocycles. The Hall–Kier alpha value is -3.09. The smallest absolute Gasteiger partial charge is 0.227 e. The van der Waals surface area contributed by atoms with E-state index in [4.69, 9.17) is 11.6 Å². The Morgan fingerprint density at radius 3 is 2.16 bits per heavy atom. The van der Waals surface area contributed by atoms with Gasteiger partial charge in [0.25, 0.3) is 0 Å². The summed E-state index contributed by atoms with van der Waals surface area (Å²) >= 11 is 6.54. The number of rotatable bonds is 4. The largest absolute Gasteiger partial charge is 0.507 e. The van der Waals surface area contributed by atoms with E-state index in [0.29, 0.717) is 40.4 Å². The first-order chi connectivity index (χ1) is 17.6. The second-order valence-corrected chi connectivity index (χ2v) is 11.3. The van der Waals surface area contributed by atoms with Gasteiger partial charge in [-0.05, 0) is 74.7 Å². The molecule has 2 heterocycles. The van der Waals surface area contributed by atoms with Gasteiger partial charge < -0.3 is 14.9 Å². The van der Waals surface area contributed by atoms with Crippen molar-refractivity contribution >= 4 is 28.9 Å². The van der Waals surface area contributed by atoms with Crippen LogP contribution in [0.4, 0.5) is 15.8 Å². The molecule has 0 radical (unpaired) electrons. The lowest BCUT2D eigenvalue weighted by Crippen LogP contribution is -2.53. The molecule has 0 aromatic heterocycles. The average molecular weight is 522 g/mol. The van der Waals surface area contributed by atoms with E-state index in [2.05, 4.69) is 36.6 Å². The summed E-state index contributed by atoms with van der Waals surface area (Å²) in [5, 5.41) is 11.7. The van der Waals surface area contributed by atoms with Crippen LogP contribution in [0.1, 0.15) is 33.6 Å². The van der Waals surface area contributed by atoms with Crippen LogP contribution in [0, 0.1) is 5.82 Å². The summed E-state index contributed by atoms with van der Waals surface area (Å²) in [7, 11) is 0. The van der Waals surface area contributed by atoms with Crippen molar-refractivity contribution in [2.75, 3.05) is 42.5 Å². The maximum Gasteiger partial charge on any atom is 0.227 e. The minimum atomic E-state index is -0.443. The fraction of sp³-hybridized carbons (Fsp3) is 0.367. The molecule has 5 nitrogen and oxygen atoms in total. The van der Waals surface area contributed by atoms with Crippen molar-refractivity contribution in [2.45, 2.75) is 39.2 Å². The molecule has 0 unspecified atom stereocenters. The number of amides is 1. The van der Waals surface area contributed by atoms with Gasteiger partial charge in [-0.3, -0.25) is 9.69 Å². The highest BCUT2D eigenvalue weighted by atomic mass is 35.5. The van der Waals surface area contributed by atoms with Crippen LogP contribution in [0.3, 0.4) is 0 Å². The summed E-state index contributed by atoms with van der Waals surface area (Å²) in [5.74, 6) is -0.399. The van der Waals surface area contributed by atoms with E-state index in [1.165, 1.54) is 12.1 Å². The van der Waals surface area contributed by atoms with Crippen molar-refractivity contribution in [3.8, 4) is 28.0 Å². The lowest BCUT2D eigenvalue weighted by Gasteiger charge is -2.43. The molecular weight excluding hydrogens is 489 g/mol. The number of hydrogen-bond acceptors (Lipinski definition) is 4. The molecule has 0 spiro atoms. The van der Waals surface area contributed by atoms with Gasteiger partial charge in [0, 0.05) is 61.5 Å². The highest BCUT2D eigenvalue weighted by Crippen LogP contribution is 2.42. The topological polar surface area (TPSA) is 47.0 Å². The summed E-state index contributed by atoms with van der Waals surface area (Å²) < 4.78 is 14.9. The standard InChI is InChI=1S/C30H33ClFN3O2/c1-30(2,3)34-14-12-33(13-15-34)23-7-4-6-20(16-23)24-18-22(32)19-25(29(24)37)21-9-10-27(26(31)17-21)35-11-5-8-28(35)36/h4,6-7,9-10,16-19,37H,5,8,11-15H2,1-3H3. The van der Waals surface area contributed by atoms with E-state index < -0.39 is 5.82 Å². The normalized spacial score (nSPS) is 17.1. The van der Waals surface area contributed by atoms with Crippen LogP contribution in [0.15, 0.2) is 54.6 Å². The molecule has 5 rings (SSSR count). The maximum absolute atomic E-state index is 14.9. The van der Waals surface area contributed by atoms with Gasteiger partial charge in [-0.2, -0.15) is 0 Å². The molecule has 7 heteroatoms.